The van der Waals surface area contributed by atoms with E-state index in [1.54, 1.807) is 6.92 Å². The van der Waals surface area contributed by atoms with Gasteiger partial charge in [-0.1, -0.05) is 12.5 Å². The van der Waals surface area contributed by atoms with Gasteiger partial charge in [-0.25, -0.2) is 0 Å². The molecule has 0 N–H and O–H groups in total. The molecule has 0 rings (SSSR count). The lowest BCUT2D eigenvalue weighted by molar-refractivity contribution is -0.0854. The third-order valence-corrected chi connectivity index (χ3v) is 1.45. The summed E-state index contributed by atoms with van der Waals surface area (Å²) < 4.78 is 15.3. The molecule has 0 aromatic heterocycles. The molecule has 0 amide bonds. The third kappa shape index (κ3) is 8.95. The lowest BCUT2D eigenvalue weighted by Gasteiger charge is -2.09. The fraction of sp³-hybridized carbons (Fsp3) is 0.636. The molecule has 0 aliphatic heterocycles. The van der Waals surface area contributed by atoms with E-state index in [-0.39, 0.29) is 6.29 Å². The van der Waals surface area contributed by atoms with Gasteiger partial charge in [-0.3, -0.25) is 0 Å². The zero-order chi connectivity index (χ0) is 10.6. The first kappa shape index (κ1) is 12.9. The van der Waals surface area contributed by atoms with Crippen molar-refractivity contribution in [2.24, 2.45) is 0 Å². The predicted molar refractivity (Wildman–Crippen MR) is 55.3 cm³/mol. The SMILES string of the molecule is C=COCCCCOC(C)OC#CC. The van der Waals surface area contributed by atoms with Crippen LogP contribution in [0, 0.1) is 12.0 Å². The van der Waals surface area contributed by atoms with Crippen molar-refractivity contribution in [3.63, 3.8) is 0 Å². The van der Waals surface area contributed by atoms with Gasteiger partial charge in [0.25, 0.3) is 0 Å². The van der Waals surface area contributed by atoms with E-state index in [1.807, 2.05) is 6.92 Å². The van der Waals surface area contributed by atoms with Crippen LogP contribution in [0.25, 0.3) is 0 Å². The van der Waals surface area contributed by atoms with E-state index in [0.29, 0.717) is 13.2 Å². The van der Waals surface area contributed by atoms with Crippen LogP contribution in [-0.4, -0.2) is 19.5 Å². The van der Waals surface area contributed by atoms with E-state index in [1.165, 1.54) is 6.26 Å². The summed E-state index contributed by atoms with van der Waals surface area (Å²) in [6.07, 6.45) is 5.58. The molecular formula is C11H18O3. The zero-order valence-electron chi connectivity index (χ0n) is 8.91. The Morgan fingerprint density at radius 2 is 2.07 bits per heavy atom. The molecule has 0 heterocycles. The van der Waals surface area contributed by atoms with Crippen molar-refractivity contribution in [3.05, 3.63) is 12.8 Å². The van der Waals surface area contributed by atoms with Crippen LogP contribution in [0.2, 0.25) is 0 Å². The fourth-order valence-electron chi connectivity index (χ4n) is 0.796. The molecule has 14 heavy (non-hydrogen) atoms. The molecule has 3 heteroatoms. The molecule has 0 fully saturated rings. The number of rotatable bonds is 8. The molecule has 0 saturated carbocycles. The van der Waals surface area contributed by atoms with Crippen molar-refractivity contribution in [2.45, 2.75) is 33.0 Å². The van der Waals surface area contributed by atoms with Crippen LogP contribution in [0.4, 0.5) is 0 Å². The Morgan fingerprint density at radius 1 is 1.36 bits per heavy atom. The summed E-state index contributed by atoms with van der Waals surface area (Å²) in [6, 6.07) is 0. The summed E-state index contributed by atoms with van der Waals surface area (Å²) in [5.41, 5.74) is 0. The summed E-state index contributed by atoms with van der Waals surface area (Å²) in [5, 5.41) is 0. The second kappa shape index (κ2) is 9.94. The standard InChI is InChI=1S/C11H18O3/c1-4-8-13-11(3)14-10-7-6-9-12-5-2/h5,11H,2,6-7,9-10H2,1,3H3. The molecule has 0 spiro atoms. The quantitative estimate of drug-likeness (QED) is 0.259. The lowest BCUT2D eigenvalue weighted by atomic mass is 10.3. The summed E-state index contributed by atoms with van der Waals surface area (Å²) in [5.74, 6) is 2.63. The third-order valence-electron chi connectivity index (χ3n) is 1.45. The first-order chi connectivity index (χ1) is 6.81. The number of unbranched alkanes of at least 4 members (excludes halogenated alkanes) is 1. The smallest absolute Gasteiger partial charge is 0.207 e. The minimum atomic E-state index is -0.261. The normalized spacial score (nSPS) is 11.0. The molecule has 1 atom stereocenters. The average Bonchev–Trinajstić information content (AvgIpc) is 2.20. The van der Waals surface area contributed by atoms with Gasteiger partial charge in [0.15, 0.2) is 0 Å². The molecule has 1 unspecified atom stereocenters. The van der Waals surface area contributed by atoms with Crippen molar-refractivity contribution >= 4 is 0 Å². The number of hydrogen-bond donors (Lipinski definition) is 0. The van der Waals surface area contributed by atoms with Gasteiger partial charge >= 0.3 is 0 Å². The van der Waals surface area contributed by atoms with Gasteiger partial charge in [0, 0.05) is 6.92 Å². The highest BCUT2D eigenvalue weighted by Gasteiger charge is 1.99. The number of ether oxygens (including phenoxy) is 3. The maximum Gasteiger partial charge on any atom is 0.207 e. The van der Waals surface area contributed by atoms with E-state index in [4.69, 9.17) is 14.2 Å². The van der Waals surface area contributed by atoms with Gasteiger partial charge in [-0.15, -0.1) is 0 Å². The van der Waals surface area contributed by atoms with E-state index >= 15 is 0 Å². The summed E-state index contributed by atoms with van der Waals surface area (Å²) in [4.78, 5) is 0. The molecule has 0 bridgehead atoms. The second-order valence-corrected chi connectivity index (χ2v) is 2.65. The monoisotopic (exact) mass is 198 g/mol. The van der Waals surface area contributed by atoms with Crippen molar-refractivity contribution in [3.8, 4) is 12.0 Å². The highest BCUT2D eigenvalue weighted by Crippen LogP contribution is 1.96. The Morgan fingerprint density at radius 3 is 2.71 bits per heavy atom. The topological polar surface area (TPSA) is 27.7 Å². The molecule has 0 aliphatic rings. The minimum Gasteiger partial charge on any atom is -0.502 e. The van der Waals surface area contributed by atoms with E-state index in [2.05, 4.69) is 18.6 Å². The Bertz CT molecular complexity index is 190. The molecule has 3 nitrogen and oxygen atoms in total. The van der Waals surface area contributed by atoms with Crippen LogP contribution >= 0.6 is 0 Å². The van der Waals surface area contributed by atoms with Crippen LogP contribution in [0.15, 0.2) is 12.8 Å². The van der Waals surface area contributed by atoms with E-state index < -0.39 is 0 Å². The molecule has 80 valence electrons. The van der Waals surface area contributed by atoms with Gasteiger partial charge in [0.05, 0.1) is 19.5 Å². The van der Waals surface area contributed by atoms with Crippen molar-refractivity contribution in [2.75, 3.05) is 13.2 Å². The molecule has 0 aliphatic carbocycles. The highest BCUT2D eigenvalue weighted by molar-refractivity contribution is 4.85. The average molecular weight is 198 g/mol. The van der Waals surface area contributed by atoms with Crippen LogP contribution in [-0.2, 0) is 14.2 Å². The maximum atomic E-state index is 5.32. The van der Waals surface area contributed by atoms with Gasteiger partial charge in [0.2, 0.25) is 6.29 Å². The fourth-order valence-corrected chi connectivity index (χ4v) is 0.796. The first-order valence-corrected chi connectivity index (χ1v) is 4.72. The van der Waals surface area contributed by atoms with Crippen LogP contribution in [0.3, 0.4) is 0 Å². The largest absolute Gasteiger partial charge is 0.502 e. The van der Waals surface area contributed by atoms with Gasteiger partial charge in [-0.05, 0) is 19.8 Å². The van der Waals surface area contributed by atoms with Crippen molar-refractivity contribution < 1.29 is 14.2 Å². The van der Waals surface area contributed by atoms with Crippen LogP contribution in [0.1, 0.15) is 26.7 Å². The Kier molecular flexibility index (Phi) is 9.13. The first-order valence-electron chi connectivity index (χ1n) is 4.72. The molecule has 0 aromatic carbocycles. The Balaban J connectivity index is 3.16. The molecule has 0 aromatic rings. The second-order valence-electron chi connectivity index (χ2n) is 2.65. The maximum absolute atomic E-state index is 5.32. The molecule has 0 radical (unpaired) electrons. The van der Waals surface area contributed by atoms with Gasteiger partial charge in [0.1, 0.15) is 6.11 Å². The number of hydrogen-bond acceptors (Lipinski definition) is 3. The zero-order valence-corrected chi connectivity index (χ0v) is 8.91. The lowest BCUT2D eigenvalue weighted by Crippen LogP contribution is -2.11. The molecule has 0 saturated heterocycles. The summed E-state index contributed by atoms with van der Waals surface area (Å²) in [7, 11) is 0. The van der Waals surface area contributed by atoms with Gasteiger partial charge < -0.3 is 14.2 Å². The van der Waals surface area contributed by atoms with E-state index in [9.17, 15) is 0 Å². The van der Waals surface area contributed by atoms with Crippen LogP contribution < -0.4 is 0 Å². The minimum absolute atomic E-state index is 0.261. The van der Waals surface area contributed by atoms with Crippen LogP contribution in [0.5, 0.6) is 0 Å². The summed E-state index contributed by atoms with van der Waals surface area (Å²) in [6.45, 7) is 8.35. The highest BCUT2D eigenvalue weighted by atomic mass is 16.7. The van der Waals surface area contributed by atoms with Crippen molar-refractivity contribution in [1.29, 1.82) is 0 Å². The van der Waals surface area contributed by atoms with Gasteiger partial charge in [-0.2, -0.15) is 0 Å². The summed E-state index contributed by atoms with van der Waals surface area (Å²) >= 11 is 0. The Labute approximate surface area is 86.0 Å². The predicted octanol–water partition coefficient (Wildman–Crippen LogP) is 2.29. The van der Waals surface area contributed by atoms with E-state index in [0.717, 1.165) is 12.8 Å². The molecular weight excluding hydrogens is 180 g/mol. The van der Waals surface area contributed by atoms with Crippen molar-refractivity contribution in [1.82, 2.24) is 0 Å². The Hall–Kier alpha value is -1.14.